The van der Waals surface area contributed by atoms with Crippen LogP contribution in [-0.2, 0) is 22.7 Å². The largest absolute Gasteiger partial charge is 0.454 e. The number of hydrogen-bond acceptors (Lipinski definition) is 5. The smallest absolute Gasteiger partial charge is 0.242 e. The van der Waals surface area contributed by atoms with E-state index in [9.17, 15) is 9.59 Å². The average molecular weight is 427 g/mol. The molecule has 0 radical (unpaired) electrons. The van der Waals surface area contributed by atoms with Gasteiger partial charge in [0.2, 0.25) is 18.6 Å². The van der Waals surface area contributed by atoms with E-state index in [0.717, 1.165) is 35.5 Å². The molecule has 2 amide bonds. The molecule has 1 fully saturated rings. The number of carbonyl (C=O) groups excluding carboxylic acids is 2. The van der Waals surface area contributed by atoms with Gasteiger partial charge in [0.25, 0.3) is 0 Å². The highest BCUT2D eigenvalue weighted by Crippen LogP contribution is 2.33. The van der Waals surface area contributed by atoms with Gasteiger partial charge in [0.05, 0.1) is 6.54 Å². The highest BCUT2D eigenvalue weighted by molar-refractivity contribution is 7.09. The minimum Gasteiger partial charge on any atom is -0.454 e. The van der Waals surface area contributed by atoms with Crippen LogP contribution in [0.3, 0.4) is 0 Å². The lowest BCUT2D eigenvalue weighted by atomic mass is 9.84. The van der Waals surface area contributed by atoms with Gasteiger partial charge < -0.3 is 19.3 Å². The van der Waals surface area contributed by atoms with E-state index in [2.05, 4.69) is 6.58 Å². The van der Waals surface area contributed by atoms with E-state index in [1.165, 1.54) is 0 Å². The molecule has 0 saturated heterocycles. The van der Waals surface area contributed by atoms with Crippen LogP contribution in [0.15, 0.2) is 48.4 Å². The van der Waals surface area contributed by atoms with Crippen LogP contribution in [0.1, 0.15) is 29.7 Å². The van der Waals surface area contributed by atoms with Gasteiger partial charge in [-0.05, 0) is 42.0 Å². The molecule has 1 saturated carbocycles. The minimum absolute atomic E-state index is 0.0531. The summed E-state index contributed by atoms with van der Waals surface area (Å²) in [6.07, 6.45) is 4.60. The second kappa shape index (κ2) is 9.34. The number of ether oxygens (including phenoxy) is 2. The fourth-order valence-electron chi connectivity index (χ4n) is 3.65. The number of thiophene rings is 1. The van der Waals surface area contributed by atoms with E-state index >= 15 is 0 Å². The summed E-state index contributed by atoms with van der Waals surface area (Å²) in [7, 11) is 0. The van der Waals surface area contributed by atoms with Gasteiger partial charge in [-0.15, -0.1) is 17.9 Å². The van der Waals surface area contributed by atoms with E-state index in [-0.39, 0.29) is 31.1 Å². The average Bonchev–Trinajstić information content (AvgIpc) is 3.37. The van der Waals surface area contributed by atoms with Crippen molar-refractivity contribution >= 4 is 23.2 Å². The number of fused-ring (bicyclic) bond motifs is 1. The first-order valence-corrected chi connectivity index (χ1v) is 11.1. The molecule has 1 aliphatic heterocycles. The number of carbonyl (C=O) groups is 2. The van der Waals surface area contributed by atoms with Crippen molar-refractivity contribution in [3.8, 4) is 11.5 Å². The molecule has 1 aromatic carbocycles. The molecular weight excluding hydrogens is 400 g/mol. The number of rotatable bonds is 9. The summed E-state index contributed by atoms with van der Waals surface area (Å²) in [5, 5.41) is 2.00. The zero-order valence-electron chi connectivity index (χ0n) is 16.9. The van der Waals surface area contributed by atoms with Gasteiger partial charge in [-0.1, -0.05) is 24.6 Å². The zero-order valence-corrected chi connectivity index (χ0v) is 17.7. The first-order chi connectivity index (χ1) is 14.6. The highest BCUT2D eigenvalue weighted by atomic mass is 32.1. The summed E-state index contributed by atoms with van der Waals surface area (Å²) >= 11 is 1.62. The van der Waals surface area contributed by atoms with Crippen LogP contribution >= 0.6 is 11.3 Å². The third kappa shape index (κ3) is 4.67. The molecule has 0 bridgehead atoms. The van der Waals surface area contributed by atoms with E-state index in [0.29, 0.717) is 25.4 Å². The standard InChI is InChI=1S/C23H26N2O4S/c1-2-10-24(23(27)18-5-3-6-18)15-22(26)25(14-19-7-4-11-30-19)13-17-8-9-20-21(12-17)29-16-28-20/h2,4,7-9,11-12,18H,1,3,5-6,10,13-16H2. The molecule has 2 aliphatic rings. The fourth-order valence-corrected chi connectivity index (χ4v) is 4.37. The monoisotopic (exact) mass is 426 g/mol. The predicted molar refractivity (Wildman–Crippen MR) is 115 cm³/mol. The van der Waals surface area contributed by atoms with Gasteiger partial charge in [-0.3, -0.25) is 9.59 Å². The lowest BCUT2D eigenvalue weighted by molar-refractivity contribution is -0.144. The number of benzene rings is 1. The predicted octanol–water partition coefficient (Wildman–Crippen LogP) is 3.82. The molecule has 2 aromatic rings. The Morgan fingerprint density at radius 2 is 1.97 bits per heavy atom. The Labute approximate surface area is 180 Å². The van der Waals surface area contributed by atoms with Crippen molar-refractivity contribution in [2.24, 2.45) is 5.92 Å². The normalized spacial score (nSPS) is 14.8. The van der Waals surface area contributed by atoms with E-state index in [1.807, 2.05) is 35.7 Å². The Morgan fingerprint density at radius 3 is 2.67 bits per heavy atom. The third-order valence-corrected chi connectivity index (χ3v) is 6.39. The van der Waals surface area contributed by atoms with E-state index in [4.69, 9.17) is 9.47 Å². The third-order valence-electron chi connectivity index (χ3n) is 5.53. The Bertz CT molecular complexity index is 908. The summed E-state index contributed by atoms with van der Waals surface area (Å²) in [6.45, 7) is 5.37. The van der Waals surface area contributed by atoms with Crippen LogP contribution in [0.4, 0.5) is 0 Å². The van der Waals surface area contributed by atoms with Crippen LogP contribution < -0.4 is 9.47 Å². The molecule has 0 atom stereocenters. The first-order valence-electron chi connectivity index (χ1n) is 10.2. The molecule has 4 rings (SSSR count). The molecule has 1 aliphatic carbocycles. The Hall–Kier alpha value is -2.80. The van der Waals surface area contributed by atoms with Crippen molar-refractivity contribution in [2.75, 3.05) is 19.9 Å². The topological polar surface area (TPSA) is 59.1 Å². The second-order valence-corrected chi connectivity index (χ2v) is 8.68. The Morgan fingerprint density at radius 1 is 1.13 bits per heavy atom. The maximum atomic E-state index is 13.3. The van der Waals surface area contributed by atoms with Crippen LogP contribution in [0, 0.1) is 5.92 Å². The minimum atomic E-state index is -0.0735. The van der Waals surface area contributed by atoms with Crippen molar-refractivity contribution in [1.29, 1.82) is 0 Å². The maximum Gasteiger partial charge on any atom is 0.242 e. The maximum absolute atomic E-state index is 13.3. The number of nitrogens with zero attached hydrogens (tertiary/aromatic N) is 2. The lowest BCUT2D eigenvalue weighted by Gasteiger charge is -2.32. The quantitative estimate of drug-likeness (QED) is 0.572. The number of hydrogen-bond donors (Lipinski definition) is 0. The summed E-state index contributed by atoms with van der Waals surface area (Å²) < 4.78 is 10.9. The second-order valence-electron chi connectivity index (χ2n) is 7.65. The van der Waals surface area contributed by atoms with E-state index in [1.54, 1.807) is 27.2 Å². The molecule has 30 heavy (non-hydrogen) atoms. The molecule has 1 aromatic heterocycles. The zero-order chi connectivity index (χ0) is 20.9. The van der Waals surface area contributed by atoms with Gasteiger partial charge in [0, 0.05) is 23.9 Å². The van der Waals surface area contributed by atoms with Gasteiger partial charge in [-0.2, -0.15) is 0 Å². The molecule has 2 heterocycles. The van der Waals surface area contributed by atoms with Crippen molar-refractivity contribution in [2.45, 2.75) is 32.4 Å². The van der Waals surface area contributed by atoms with Crippen molar-refractivity contribution < 1.29 is 19.1 Å². The summed E-state index contributed by atoms with van der Waals surface area (Å²) in [5.41, 5.74) is 0.963. The van der Waals surface area contributed by atoms with E-state index < -0.39 is 0 Å². The van der Waals surface area contributed by atoms with Crippen LogP contribution in [0.25, 0.3) is 0 Å². The SMILES string of the molecule is C=CCN(CC(=O)N(Cc1ccc2c(c1)OCO2)Cc1cccs1)C(=O)C1CCC1. The van der Waals surface area contributed by atoms with Gasteiger partial charge in [0.1, 0.15) is 6.54 Å². The Balaban J connectivity index is 1.49. The molecule has 7 heteroatoms. The van der Waals surface area contributed by atoms with Gasteiger partial charge in [0.15, 0.2) is 11.5 Å². The van der Waals surface area contributed by atoms with Crippen molar-refractivity contribution in [1.82, 2.24) is 9.80 Å². The van der Waals surface area contributed by atoms with Crippen LogP contribution in [0.5, 0.6) is 11.5 Å². The van der Waals surface area contributed by atoms with Crippen molar-refractivity contribution in [3.05, 3.63) is 58.8 Å². The highest BCUT2D eigenvalue weighted by Gasteiger charge is 2.31. The summed E-state index contributed by atoms with van der Waals surface area (Å²) in [6, 6.07) is 9.73. The molecule has 158 valence electrons. The fraction of sp³-hybridized carbons (Fsp3) is 0.391. The number of amides is 2. The van der Waals surface area contributed by atoms with Gasteiger partial charge in [-0.25, -0.2) is 0 Å². The van der Waals surface area contributed by atoms with Crippen LogP contribution in [-0.4, -0.2) is 41.5 Å². The first kappa shape index (κ1) is 20.5. The molecule has 6 nitrogen and oxygen atoms in total. The van der Waals surface area contributed by atoms with Gasteiger partial charge >= 0.3 is 0 Å². The molecule has 0 unspecified atom stereocenters. The molecule has 0 N–H and O–H groups in total. The van der Waals surface area contributed by atoms with Crippen LogP contribution in [0.2, 0.25) is 0 Å². The summed E-state index contributed by atoms with van der Waals surface area (Å²) in [4.78, 5) is 30.6. The summed E-state index contributed by atoms with van der Waals surface area (Å²) in [5.74, 6) is 1.46. The molecule has 0 spiro atoms. The Kier molecular flexibility index (Phi) is 6.38. The van der Waals surface area contributed by atoms with Crippen molar-refractivity contribution in [3.63, 3.8) is 0 Å². The lowest BCUT2D eigenvalue weighted by Crippen LogP contribution is -2.45. The molecular formula is C23H26N2O4S.